The van der Waals surface area contributed by atoms with Gasteiger partial charge in [-0.15, -0.1) is 0 Å². The number of anilines is 2. The first-order chi connectivity index (χ1) is 46.4. The smallest absolute Gasteiger partial charge is 0.220 e. The van der Waals surface area contributed by atoms with Crippen molar-refractivity contribution in [2.45, 2.75) is 25.7 Å². The highest BCUT2D eigenvalue weighted by Gasteiger charge is 2.42. The summed E-state index contributed by atoms with van der Waals surface area (Å²) in [6.07, 6.45) is 19.9. The number of hydrogen-bond donors (Lipinski definition) is 0. The third kappa shape index (κ3) is 6.98. The standard InChI is InChI=1S/C90H58N4/c1-90(2)76-49-57(60-46-48-78(67-33-14-12-28-62(60)67)93(81-50-56-21-6-7-26-59(56)61-27-13-15-34-68(61)81)79-47-43-55-40-39-53-22-20-23-54-41-45-72(79)84(55)83(53)54)42-44-71(76)85-86-75-51-73-65-31-10-8-29-63(65)64-30-9-11-32-66(64)74(73)52-82(75)94(88(86)70-36-17-16-35-69(70)87(85)90)89-91-77-37-18-19-38-80(77)92(89)58-24-4-3-5-25-58/h3-21,23-52,84H,22H2,1-2H3. The van der Waals surface area contributed by atoms with E-state index in [9.17, 15) is 0 Å². The Bertz CT molecular complexity index is 6400. The van der Waals surface area contributed by atoms with Gasteiger partial charge in [0.15, 0.2) is 0 Å². The maximum atomic E-state index is 5.70. The minimum absolute atomic E-state index is 0.149. The van der Waals surface area contributed by atoms with E-state index in [1.807, 2.05) is 0 Å². The molecule has 2 aromatic heterocycles. The fourth-order valence-corrected chi connectivity index (χ4v) is 17.7. The van der Waals surface area contributed by atoms with E-state index in [0.717, 1.165) is 45.8 Å². The monoisotopic (exact) mass is 1190 g/mol. The topological polar surface area (TPSA) is 26.0 Å². The van der Waals surface area contributed by atoms with Crippen LogP contribution < -0.4 is 4.90 Å². The van der Waals surface area contributed by atoms with E-state index < -0.39 is 5.41 Å². The molecule has 4 nitrogen and oxygen atoms in total. The average molecular weight is 1200 g/mol. The van der Waals surface area contributed by atoms with Gasteiger partial charge in [0.05, 0.1) is 39.1 Å². The fraction of sp³-hybridized carbons (Fsp3) is 0.0556. The molecule has 4 heteroatoms. The SMILES string of the molecule is CC1(C)c2cc(-c3ccc(N(C4=C5C=CC6=C7C(=CC=C(C=C4)C57)CC=C6)c4cc5ccccc5c5ccccc45)c4ccccc34)ccc2-c2c1c1ccccc1c1c2c2cc3c4ccccc4c4ccccc4c3cc2n1-c1nc2ccccc2n1-c1ccccc1. The van der Waals surface area contributed by atoms with E-state index in [1.54, 1.807) is 0 Å². The number of aromatic nitrogens is 3. The van der Waals surface area contributed by atoms with E-state index in [-0.39, 0.29) is 5.92 Å². The molecule has 5 aliphatic rings. The zero-order valence-corrected chi connectivity index (χ0v) is 51.9. The largest absolute Gasteiger partial charge is 0.309 e. The highest BCUT2D eigenvalue weighted by atomic mass is 15.2. The zero-order chi connectivity index (χ0) is 61.7. The van der Waals surface area contributed by atoms with Gasteiger partial charge in [-0.3, -0.25) is 9.13 Å². The lowest BCUT2D eigenvalue weighted by atomic mass is 9.68. The molecule has 0 radical (unpaired) electrons. The van der Waals surface area contributed by atoms with Crippen LogP contribution in [0.3, 0.4) is 0 Å². The van der Waals surface area contributed by atoms with Gasteiger partial charge < -0.3 is 4.90 Å². The predicted octanol–water partition coefficient (Wildman–Crippen LogP) is 23.4. The van der Waals surface area contributed by atoms with Crippen LogP contribution >= 0.6 is 0 Å². The summed E-state index contributed by atoms with van der Waals surface area (Å²) in [6, 6.07) is 93.3. The van der Waals surface area contributed by atoms with E-state index in [2.05, 4.69) is 325 Å². The maximum Gasteiger partial charge on any atom is 0.220 e. The van der Waals surface area contributed by atoms with Crippen LogP contribution in [0.4, 0.5) is 11.4 Å². The van der Waals surface area contributed by atoms with E-state index in [1.165, 1.54) is 159 Å². The van der Waals surface area contributed by atoms with Crippen molar-refractivity contribution in [3.05, 3.63) is 342 Å². The molecule has 0 saturated carbocycles. The van der Waals surface area contributed by atoms with Gasteiger partial charge in [-0.25, -0.2) is 4.98 Å². The molecule has 21 rings (SSSR count). The van der Waals surface area contributed by atoms with E-state index in [4.69, 9.17) is 4.98 Å². The first-order valence-corrected chi connectivity index (χ1v) is 33.0. The van der Waals surface area contributed by atoms with Gasteiger partial charge in [0.25, 0.3) is 0 Å². The number of allylic oxidation sites excluding steroid dienone is 13. The van der Waals surface area contributed by atoms with Crippen molar-refractivity contribution in [3.8, 4) is 33.9 Å². The molecule has 0 fully saturated rings. The van der Waals surface area contributed by atoms with Crippen LogP contribution in [0.15, 0.2) is 331 Å². The predicted molar refractivity (Wildman–Crippen MR) is 395 cm³/mol. The second-order valence-electron chi connectivity index (χ2n) is 26.8. The van der Waals surface area contributed by atoms with Gasteiger partial charge in [-0.1, -0.05) is 251 Å². The number of nitrogens with zero attached hydrogens (tertiary/aromatic N) is 4. The third-order valence-corrected chi connectivity index (χ3v) is 21.7. The Labute approximate surface area is 542 Å². The van der Waals surface area contributed by atoms with E-state index in [0.29, 0.717) is 0 Å². The third-order valence-electron chi connectivity index (χ3n) is 21.7. The van der Waals surface area contributed by atoms with Crippen LogP contribution in [0.1, 0.15) is 31.4 Å². The van der Waals surface area contributed by atoms with Crippen molar-refractivity contribution in [2.24, 2.45) is 5.92 Å². The Balaban J connectivity index is 0.820. The summed E-state index contributed by atoms with van der Waals surface area (Å²) >= 11 is 0. The molecular weight excluding hydrogens is 1140 g/mol. The molecule has 0 aliphatic heterocycles. The summed E-state index contributed by atoms with van der Waals surface area (Å²) in [5.41, 5.74) is 23.0. The lowest BCUT2D eigenvalue weighted by Gasteiger charge is -2.40. The first kappa shape index (κ1) is 51.8. The summed E-state index contributed by atoms with van der Waals surface area (Å²) in [5.74, 6) is 1.01. The summed E-state index contributed by atoms with van der Waals surface area (Å²) in [7, 11) is 0. The highest BCUT2D eigenvalue weighted by Crippen LogP contribution is 2.59. The maximum absolute atomic E-state index is 5.70. The Morgan fingerprint density at radius 2 is 1.07 bits per heavy atom. The zero-order valence-electron chi connectivity index (χ0n) is 51.9. The molecule has 438 valence electrons. The molecule has 5 aliphatic carbocycles. The van der Waals surface area contributed by atoms with Gasteiger partial charge in [0.2, 0.25) is 5.95 Å². The molecule has 0 N–H and O–H groups in total. The molecule has 0 bridgehead atoms. The molecule has 0 amide bonds. The molecule has 14 aromatic carbocycles. The van der Waals surface area contributed by atoms with Crippen molar-refractivity contribution in [3.63, 3.8) is 0 Å². The van der Waals surface area contributed by atoms with Crippen molar-refractivity contribution < 1.29 is 0 Å². The van der Waals surface area contributed by atoms with Crippen LogP contribution in [0.5, 0.6) is 0 Å². The number of rotatable bonds is 6. The van der Waals surface area contributed by atoms with Gasteiger partial charge >= 0.3 is 0 Å². The van der Waals surface area contributed by atoms with Crippen LogP contribution in [0.2, 0.25) is 0 Å². The molecule has 16 aromatic rings. The average Bonchev–Trinajstić information content (AvgIpc) is 1.50. The fourth-order valence-electron chi connectivity index (χ4n) is 17.7. The van der Waals surface area contributed by atoms with Gasteiger partial charge in [-0.2, -0.15) is 0 Å². The van der Waals surface area contributed by atoms with Crippen LogP contribution in [-0.2, 0) is 5.41 Å². The number of benzene rings is 14. The molecule has 0 spiro atoms. The van der Waals surface area contributed by atoms with Crippen molar-refractivity contribution in [1.82, 2.24) is 14.1 Å². The number of hydrogen-bond acceptors (Lipinski definition) is 2. The number of fused-ring (bicyclic) bond motifs is 21. The second kappa shape index (κ2) is 19.1. The molecule has 2 heterocycles. The lowest BCUT2D eigenvalue weighted by molar-refractivity contribution is 0.667. The summed E-state index contributed by atoms with van der Waals surface area (Å²) in [6.45, 7) is 4.94. The summed E-state index contributed by atoms with van der Waals surface area (Å²) < 4.78 is 4.89. The Morgan fingerprint density at radius 1 is 0.447 bits per heavy atom. The van der Waals surface area contributed by atoms with Crippen molar-refractivity contribution in [2.75, 3.05) is 4.90 Å². The number of para-hydroxylation sites is 3. The van der Waals surface area contributed by atoms with E-state index >= 15 is 0 Å². The van der Waals surface area contributed by atoms with Crippen LogP contribution in [0.25, 0.3) is 142 Å². The Hall–Kier alpha value is -11.9. The quantitative estimate of drug-likeness (QED) is 0.155. The molecule has 0 saturated heterocycles. The molecule has 1 unspecified atom stereocenters. The molecule has 1 atom stereocenters. The van der Waals surface area contributed by atoms with Crippen molar-refractivity contribution >= 4 is 120 Å². The first-order valence-electron chi connectivity index (χ1n) is 33.0. The van der Waals surface area contributed by atoms with Gasteiger partial charge in [0.1, 0.15) is 0 Å². The Kier molecular flexibility index (Phi) is 10.5. The second-order valence-corrected chi connectivity index (χ2v) is 26.8. The lowest BCUT2D eigenvalue weighted by Crippen LogP contribution is -2.27. The van der Waals surface area contributed by atoms with Crippen LogP contribution in [0, 0.1) is 5.92 Å². The highest BCUT2D eigenvalue weighted by molar-refractivity contribution is 6.33. The molecule has 94 heavy (non-hydrogen) atoms. The van der Waals surface area contributed by atoms with Crippen LogP contribution in [-0.4, -0.2) is 14.1 Å². The van der Waals surface area contributed by atoms with Crippen molar-refractivity contribution in [1.29, 1.82) is 0 Å². The number of imidazole rings is 1. The van der Waals surface area contributed by atoms with Gasteiger partial charge in [-0.05, 0) is 188 Å². The van der Waals surface area contributed by atoms with Gasteiger partial charge in [0, 0.05) is 44.0 Å². The normalized spacial score (nSPS) is 16.0. The summed E-state index contributed by atoms with van der Waals surface area (Å²) in [4.78, 5) is 8.31. The Morgan fingerprint density at radius 3 is 1.85 bits per heavy atom. The minimum atomic E-state index is -0.400. The summed E-state index contributed by atoms with van der Waals surface area (Å²) in [5, 5.41) is 19.8. The minimum Gasteiger partial charge on any atom is -0.309 e. The molecular formula is C90H58N4.